The monoisotopic (exact) mass is 584 g/mol. The van der Waals surface area contributed by atoms with Crippen LogP contribution in [0.2, 0.25) is 0 Å². The maximum Gasteiger partial charge on any atom is 0.166 e. The van der Waals surface area contributed by atoms with Gasteiger partial charge in [-0.1, -0.05) is 0 Å². The first kappa shape index (κ1) is 26.9. The van der Waals surface area contributed by atoms with Gasteiger partial charge in [0, 0.05) is 24.2 Å². The molecule has 0 saturated carbocycles. The number of ether oxygens (including phenoxy) is 2. The van der Waals surface area contributed by atoms with Gasteiger partial charge in [0.1, 0.15) is 60.6 Å². The molecule has 6 N–H and O–H groups in total. The van der Waals surface area contributed by atoms with Crippen molar-refractivity contribution < 1.29 is 44.5 Å². The summed E-state index contributed by atoms with van der Waals surface area (Å²) < 4.78 is 30.8. The van der Waals surface area contributed by atoms with Crippen LogP contribution in [0, 0.1) is 5.82 Å². The second-order valence-corrected chi connectivity index (χ2v) is 10.1. The number of halogens is 1. The zero-order chi connectivity index (χ0) is 29.3. The van der Waals surface area contributed by atoms with Gasteiger partial charge in [0.2, 0.25) is 0 Å². The summed E-state index contributed by atoms with van der Waals surface area (Å²) in [7, 11) is 0. The molecule has 0 bridgehead atoms. The summed E-state index contributed by atoms with van der Waals surface area (Å²) in [5, 5.41) is 65.1. The van der Waals surface area contributed by atoms with Gasteiger partial charge in [-0.3, -0.25) is 0 Å². The molecule has 2 aliphatic heterocycles. The molecule has 220 valence electrons. The van der Waals surface area contributed by atoms with E-state index in [0.29, 0.717) is 22.4 Å². The molecule has 42 heavy (non-hydrogen) atoms. The van der Waals surface area contributed by atoms with Crippen molar-refractivity contribution in [2.45, 2.75) is 49.1 Å². The topological polar surface area (TPSA) is 219 Å². The molecule has 0 spiro atoms. The molecule has 7 heterocycles. The van der Waals surface area contributed by atoms with Gasteiger partial charge in [0.25, 0.3) is 0 Å². The Bertz CT molecular complexity index is 1780. The zero-order valence-corrected chi connectivity index (χ0v) is 21.5. The van der Waals surface area contributed by atoms with Crippen molar-refractivity contribution in [1.82, 2.24) is 38.9 Å². The fraction of sp³-hybridized carbons (Fsp3) is 0.400. The number of fused-ring (bicyclic) bond motifs is 2. The Morgan fingerprint density at radius 2 is 1.43 bits per heavy atom. The number of hydrogen-bond acceptors (Lipinski definition) is 13. The molecule has 2 aliphatic rings. The summed E-state index contributed by atoms with van der Waals surface area (Å²) in [5.74, 6) is -0.349. The quantitative estimate of drug-likeness (QED) is 0.132. The maximum atomic E-state index is 15.3. The van der Waals surface area contributed by atoms with Crippen LogP contribution in [0.1, 0.15) is 12.5 Å². The molecular weight excluding hydrogens is 559 g/mol. The van der Waals surface area contributed by atoms with E-state index in [1.807, 2.05) is 0 Å². The molecular formula is C25H25FN8O8. The minimum atomic E-state index is -1.43. The van der Waals surface area contributed by atoms with Crippen molar-refractivity contribution in [2.75, 3.05) is 13.2 Å². The highest BCUT2D eigenvalue weighted by Gasteiger charge is 2.45. The molecule has 2 saturated heterocycles. The van der Waals surface area contributed by atoms with E-state index in [-0.39, 0.29) is 16.7 Å². The molecule has 8 atom stereocenters. The number of nitrogens with zero attached hydrogens (tertiary/aromatic N) is 8. The Balaban J connectivity index is 1.25. The van der Waals surface area contributed by atoms with Crippen LogP contribution in [0.25, 0.3) is 39.1 Å². The number of aromatic nitrogens is 8. The largest absolute Gasteiger partial charge is 0.394 e. The van der Waals surface area contributed by atoms with E-state index in [4.69, 9.17) is 9.47 Å². The van der Waals surface area contributed by atoms with Crippen LogP contribution in [-0.2, 0) is 9.47 Å². The highest BCUT2D eigenvalue weighted by molar-refractivity contribution is 5.91. The second-order valence-electron chi connectivity index (χ2n) is 10.1. The van der Waals surface area contributed by atoms with Gasteiger partial charge in [-0.05, 0) is 6.07 Å². The molecule has 0 radical (unpaired) electrons. The van der Waals surface area contributed by atoms with Crippen molar-refractivity contribution in [3.05, 3.63) is 49.3 Å². The fourth-order valence-corrected chi connectivity index (χ4v) is 5.58. The average Bonchev–Trinajstić information content (AvgIpc) is 3.82. The number of aliphatic hydroxyl groups is 6. The Morgan fingerprint density at radius 1 is 0.786 bits per heavy atom. The Kier molecular flexibility index (Phi) is 6.48. The van der Waals surface area contributed by atoms with Gasteiger partial charge < -0.3 is 49.2 Å². The standard InChI is InChI=1S/C25H25FN8O8/c26-12-5-33(25-20(40)18(38)14(7-36)42-25)23-15(12)16(27-8-30-23)10-3-31-34(4-10)22-11-1-2-32(21(11)28-9-29-22)24-19(39)17(37)13(6-35)41-24/h1-5,8-9,13-14,17-20,24-25,35-40H,6-7H2/t13-,14-,17-,18-,19-,20-,24-,25-/m1/s1. The third-order valence-corrected chi connectivity index (χ3v) is 7.71. The van der Waals surface area contributed by atoms with Crippen molar-refractivity contribution in [3.8, 4) is 17.1 Å². The molecule has 5 aromatic heterocycles. The molecule has 16 nitrogen and oxygen atoms in total. The minimum absolute atomic E-state index is 0.0261. The summed E-state index contributed by atoms with van der Waals surface area (Å²) in [6, 6.07) is 1.68. The van der Waals surface area contributed by atoms with Crippen molar-refractivity contribution in [1.29, 1.82) is 0 Å². The molecule has 7 rings (SSSR count). The van der Waals surface area contributed by atoms with Crippen molar-refractivity contribution in [3.63, 3.8) is 0 Å². The van der Waals surface area contributed by atoms with E-state index < -0.39 is 68.1 Å². The van der Waals surface area contributed by atoms with Gasteiger partial charge >= 0.3 is 0 Å². The Hall–Kier alpha value is -3.94. The Labute approximate surface area is 234 Å². The molecule has 0 unspecified atom stereocenters. The van der Waals surface area contributed by atoms with Crippen molar-refractivity contribution >= 4 is 22.1 Å². The van der Waals surface area contributed by atoms with Gasteiger partial charge in [0.15, 0.2) is 24.1 Å². The Morgan fingerprint density at radius 3 is 2.10 bits per heavy atom. The maximum absolute atomic E-state index is 15.3. The first-order chi connectivity index (χ1) is 20.3. The van der Waals surface area contributed by atoms with E-state index in [9.17, 15) is 30.6 Å². The molecule has 0 aliphatic carbocycles. The summed E-state index contributed by atoms with van der Waals surface area (Å²) in [6.07, 6.45) is -1.33. The first-order valence-electron chi connectivity index (χ1n) is 12.9. The van der Waals surface area contributed by atoms with Crippen LogP contribution in [0.4, 0.5) is 4.39 Å². The van der Waals surface area contributed by atoms with E-state index >= 15 is 4.39 Å². The molecule has 2 fully saturated rings. The normalized spacial score (nSPS) is 29.8. The zero-order valence-electron chi connectivity index (χ0n) is 21.5. The SMILES string of the molecule is OC[C@H]1O[C@@H](n2ccc3c(-n4cc(-c5ncnc6c5c(F)cn6[C@@H]5O[C@H](CO)[C@@H](O)[C@H]5O)cn4)ncnc32)[C@H](O)[C@@H]1O. The molecule has 17 heteroatoms. The van der Waals surface area contributed by atoms with Gasteiger partial charge in [0.05, 0.1) is 35.9 Å². The molecule has 0 amide bonds. The first-order valence-corrected chi connectivity index (χ1v) is 12.9. The number of rotatable bonds is 6. The lowest BCUT2D eigenvalue weighted by Crippen LogP contribution is -2.33. The van der Waals surface area contributed by atoms with Crippen LogP contribution in [0.15, 0.2) is 43.5 Å². The summed E-state index contributed by atoms with van der Waals surface area (Å²) in [4.78, 5) is 17.1. The van der Waals surface area contributed by atoms with Gasteiger partial charge in [-0.25, -0.2) is 29.0 Å². The van der Waals surface area contributed by atoms with Crippen LogP contribution in [0.3, 0.4) is 0 Å². The lowest BCUT2D eigenvalue weighted by molar-refractivity contribution is -0.0510. The second kappa shape index (κ2) is 10.1. The van der Waals surface area contributed by atoms with E-state index in [1.165, 1.54) is 32.7 Å². The van der Waals surface area contributed by atoms with Crippen molar-refractivity contribution in [2.24, 2.45) is 0 Å². The summed E-state index contributed by atoms with van der Waals surface area (Å²) in [6.45, 7) is -1.00. The lowest BCUT2D eigenvalue weighted by atomic mass is 10.1. The number of aliphatic hydroxyl groups excluding tert-OH is 6. The van der Waals surface area contributed by atoms with Gasteiger partial charge in [-0.2, -0.15) is 5.10 Å². The predicted octanol–water partition coefficient (Wildman–Crippen LogP) is -1.61. The highest BCUT2D eigenvalue weighted by atomic mass is 19.1. The number of hydrogen-bond donors (Lipinski definition) is 6. The third-order valence-electron chi connectivity index (χ3n) is 7.71. The molecule has 5 aromatic rings. The average molecular weight is 585 g/mol. The summed E-state index contributed by atoms with van der Waals surface area (Å²) in [5.41, 5.74) is 1.08. The fourth-order valence-electron chi connectivity index (χ4n) is 5.58. The van der Waals surface area contributed by atoms with Crippen LogP contribution in [-0.4, -0.2) is 119 Å². The van der Waals surface area contributed by atoms with E-state index in [2.05, 4.69) is 25.0 Å². The predicted molar refractivity (Wildman–Crippen MR) is 137 cm³/mol. The van der Waals surface area contributed by atoms with E-state index in [0.717, 1.165) is 6.20 Å². The smallest absolute Gasteiger partial charge is 0.166 e. The third kappa shape index (κ3) is 3.94. The lowest BCUT2D eigenvalue weighted by Gasteiger charge is -2.17. The van der Waals surface area contributed by atoms with Crippen LogP contribution in [0.5, 0.6) is 0 Å². The minimum Gasteiger partial charge on any atom is -0.394 e. The van der Waals surface area contributed by atoms with Crippen LogP contribution >= 0.6 is 0 Å². The van der Waals surface area contributed by atoms with Crippen LogP contribution < -0.4 is 0 Å². The van der Waals surface area contributed by atoms with E-state index in [1.54, 1.807) is 18.5 Å². The molecule has 0 aromatic carbocycles. The highest BCUT2D eigenvalue weighted by Crippen LogP contribution is 2.36. The summed E-state index contributed by atoms with van der Waals surface area (Å²) >= 11 is 0. The van der Waals surface area contributed by atoms with Gasteiger partial charge in [-0.15, -0.1) is 0 Å².